The van der Waals surface area contributed by atoms with Crippen molar-refractivity contribution in [3.63, 3.8) is 0 Å². The van der Waals surface area contributed by atoms with Crippen molar-refractivity contribution in [1.29, 1.82) is 0 Å². The predicted molar refractivity (Wildman–Crippen MR) is 122 cm³/mol. The Balaban J connectivity index is 2.00. The van der Waals surface area contributed by atoms with Crippen LogP contribution in [0.3, 0.4) is 0 Å². The summed E-state index contributed by atoms with van der Waals surface area (Å²) in [6, 6.07) is 9.82. The highest BCUT2D eigenvalue weighted by atomic mass is 35.5. The Morgan fingerprint density at radius 1 is 1.10 bits per heavy atom. The molecule has 1 fully saturated rings. The van der Waals surface area contributed by atoms with Crippen LogP contribution in [-0.2, 0) is 9.84 Å². The molecule has 1 atom stereocenters. The van der Waals surface area contributed by atoms with Crippen molar-refractivity contribution < 1.29 is 17.9 Å². The maximum absolute atomic E-state index is 13.6. The maximum atomic E-state index is 13.6. The van der Waals surface area contributed by atoms with E-state index >= 15 is 0 Å². The van der Waals surface area contributed by atoms with Crippen LogP contribution in [-0.4, -0.2) is 40.7 Å². The Labute approximate surface area is 187 Å². The van der Waals surface area contributed by atoms with Crippen LogP contribution in [0.15, 0.2) is 52.4 Å². The molecule has 2 aromatic carbocycles. The number of nitrogens with zero attached hydrogens (tertiary/aromatic N) is 2. The number of ether oxygens (including phenoxy) is 2. The molecule has 1 aromatic heterocycles. The fraction of sp³-hybridized carbons (Fsp3) is 0.348. The van der Waals surface area contributed by atoms with Crippen molar-refractivity contribution in [3.05, 3.63) is 47.6 Å². The van der Waals surface area contributed by atoms with E-state index in [1.165, 1.54) is 18.3 Å². The molecule has 4 rings (SSSR count). The van der Waals surface area contributed by atoms with E-state index in [2.05, 4.69) is 16.8 Å². The highest BCUT2D eigenvalue weighted by Gasteiger charge is 2.29. The van der Waals surface area contributed by atoms with Crippen LogP contribution in [0.25, 0.3) is 10.9 Å². The minimum Gasteiger partial charge on any atom is -0.493 e. The molecule has 1 aliphatic rings. The van der Waals surface area contributed by atoms with Gasteiger partial charge >= 0.3 is 0 Å². The lowest BCUT2D eigenvalue weighted by Crippen LogP contribution is -2.35. The van der Waals surface area contributed by atoms with E-state index in [0.717, 1.165) is 31.3 Å². The van der Waals surface area contributed by atoms with Gasteiger partial charge in [0.1, 0.15) is 4.90 Å². The lowest BCUT2D eigenvalue weighted by atomic mass is 9.99. The third kappa shape index (κ3) is 4.04. The summed E-state index contributed by atoms with van der Waals surface area (Å²) in [7, 11) is -0.685. The second-order valence-electron chi connectivity index (χ2n) is 7.85. The maximum Gasteiger partial charge on any atom is 0.210 e. The molecule has 1 unspecified atom stereocenters. The number of hydrogen-bond donors (Lipinski definition) is 0. The number of pyridine rings is 1. The van der Waals surface area contributed by atoms with Gasteiger partial charge in [0.25, 0.3) is 0 Å². The van der Waals surface area contributed by atoms with E-state index in [1.54, 1.807) is 32.4 Å². The number of methoxy groups -OCH3 is 2. The molecule has 3 aromatic rings. The lowest BCUT2D eigenvalue weighted by molar-refractivity contribution is 0.355. The molecule has 6 nitrogen and oxygen atoms in total. The Bertz CT molecular complexity index is 1210. The second-order valence-corrected chi connectivity index (χ2v) is 10.2. The molecule has 0 radical (unpaired) electrons. The van der Waals surface area contributed by atoms with Gasteiger partial charge in [-0.2, -0.15) is 0 Å². The number of rotatable bonds is 5. The summed E-state index contributed by atoms with van der Waals surface area (Å²) in [4.78, 5) is 7.01. The number of halogens is 1. The summed E-state index contributed by atoms with van der Waals surface area (Å²) < 4.78 is 38.2. The summed E-state index contributed by atoms with van der Waals surface area (Å²) >= 11 is 5.98. The highest BCUT2D eigenvalue weighted by molar-refractivity contribution is 7.91. The molecule has 8 heteroatoms. The van der Waals surface area contributed by atoms with Crippen LogP contribution in [0, 0.1) is 5.92 Å². The van der Waals surface area contributed by atoms with Crippen molar-refractivity contribution in [2.75, 3.05) is 32.2 Å². The predicted octanol–water partition coefficient (Wildman–Crippen LogP) is 4.97. The topological polar surface area (TPSA) is 68.7 Å². The standard InChI is InChI=1S/C23H25ClN2O4S/c1-15-5-4-10-26(14-15)23-18-11-20(29-2)21(30-3)12-19(18)25-13-22(23)31(27,28)17-8-6-16(24)7-9-17/h6-9,11-13,15H,4-5,10,14H2,1-3H3. The first-order chi connectivity index (χ1) is 14.8. The van der Waals surface area contributed by atoms with Gasteiger partial charge < -0.3 is 14.4 Å². The second kappa shape index (κ2) is 8.55. The third-order valence-corrected chi connectivity index (χ3v) is 7.72. The monoisotopic (exact) mass is 460 g/mol. The fourth-order valence-electron chi connectivity index (χ4n) is 4.14. The van der Waals surface area contributed by atoms with Crippen LogP contribution < -0.4 is 14.4 Å². The van der Waals surface area contributed by atoms with Crippen LogP contribution in [0.2, 0.25) is 5.02 Å². The van der Waals surface area contributed by atoms with Gasteiger partial charge in [-0.25, -0.2) is 8.42 Å². The number of hydrogen-bond acceptors (Lipinski definition) is 6. The third-order valence-electron chi connectivity index (χ3n) is 5.70. The van der Waals surface area contributed by atoms with Gasteiger partial charge in [0, 0.05) is 35.8 Å². The normalized spacial score (nSPS) is 17.0. The van der Waals surface area contributed by atoms with E-state index in [0.29, 0.717) is 33.6 Å². The number of anilines is 1. The van der Waals surface area contributed by atoms with Crippen molar-refractivity contribution in [1.82, 2.24) is 4.98 Å². The van der Waals surface area contributed by atoms with Crippen LogP contribution in [0.1, 0.15) is 19.8 Å². The Hall–Kier alpha value is -2.51. The number of benzene rings is 2. The zero-order chi connectivity index (χ0) is 22.2. The summed E-state index contributed by atoms with van der Waals surface area (Å²) in [6.45, 7) is 3.74. The smallest absolute Gasteiger partial charge is 0.210 e. The van der Waals surface area contributed by atoms with E-state index in [4.69, 9.17) is 21.1 Å². The van der Waals surface area contributed by atoms with Gasteiger partial charge in [0.15, 0.2) is 11.5 Å². The molecule has 1 aliphatic heterocycles. The summed E-state index contributed by atoms with van der Waals surface area (Å²) in [6.07, 6.45) is 3.57. The van der Waals surface area contributed by atoms with Crippen LogP contribution >= 0.6 is 11.6 Å². The van der Waals surface area contributed by atoms with E-state index in [9.17, 15) is 8.42 Å². The van der Waals surface area contributed by atoms with E-state index in [-0.39, 0.29) is 9.79 Å². The Kier molecular flexibility index (Phi) is 5.99. The quantitative estimate of drug-likeness (QED) is 0.535. The Morgan fingerprint density at radius 3 is 2.42 bits per heavy atom. The first kappa shape index (κ1) is 21.7. The van der Waals surface area contributed by atoms with Crippen molar-refractivity contribution in [2.45, 2.75) is 29.6 Å². The lowest BCUT2D eigenvalue weighted by Gasteiger charge is -2.34. The molecule has 31 heavy (non-hydrogen) atoms. The van der Waals surface area contributed by atoms with Crippen molar-refractivity contribution >= 4 is 38.0 Å². The number of sulfone groups is 1. The zero-order valence-corrected chi connectivity index (χ0v) is 19.3. The summed E-state index contributed by atoms with van der Waals surface area (Å²) in [5.74, 6) is 1.54. The fourth-order valence-corrected chi connectivity index (χ4v) is 5.70. The molecule has 0 amide bonds. The molecule has 0 aliphatic carbocycles. The molecule has 0 N–H and O–H groups in total. The number of aromatic nitrogens is 1. The van der Waals surface area contributed by atoms with Crippen molar-refractivity contribution in [2.24, 2.45) is 5.92 Å². The summed E-state index contributed by atoms with van der Waals surface area (Å²) in [5.41, 5.74) is 1.31. The van der Waals surface area contributed by atoms with Crippen LogP contribution in [0.5, 0.6) is 11.5 Å². The molecule has 1 saturated heterocycles. The number of piperidine rings is 1. The molecular formula is C23H25ClN2O4S. The number of fused-ring (bicyclic) bond motifs is 1. The minimum absolute atomic E-state index is 0.184. The van der Waals surface area contributed by atoms with Gasteiger partial charge in [-0.15, -0.1) is 0 Å². The van der Waals surface area contributed by atoms with Crippen LogP contribution in [0.4, 0.5) is 5.69 Å². The molecule has 164 valence electrons. The average Bonchev–Trinajstić information content (AvgIpc) is 2.77. The SMILES string of the molecule is COc1cc2ncc(S(=O)(=O)c3ccc(Cl)cc3)c(N3CCCC(C)C3)c2cc1OC. The average molecular weight is 461 g/mol. The zero-order valence-electron chi connectivity index (χ0n) is 17.8. The molecule has 0 spiro atoms. The van der Waals surface area contributed by atoms with E-state index < -0.39 is 9.84 Å². The van der Waals surface area contributed by atoms with Gasteiger partial charge in [-0.1, -0.05) is 18.5 Å². The molecule has 2 heterocycles. The van der Waals surface area contributed by atoms with Crippen molar-refractivity contribution in [3.8, 4) is 11.5 Å². The first-order valence-corrected chi connectivity index (χ1v) is 12.0. The van der Waals surface area contributed by atoms with Gasteiger partial charge in [-0.05, 0) is 49.1 Å². The van der Waals surface area contributed by atoms with Gasteiger partial charge in [0.05, 0.1) is 30.3 Å². The van der Waals surface area contributed by atoms with Gasteiger partial charge in [0.2, 0.25) is 9.84 Å². The van der Waals surface area contributed by atoms with Gasteiger partial charge in [-0.3, -0.25) is 4.98 Å². The summed E-state index contributed by atoms with van der Waals surface area (Å²) in [5, 5.41) is 1.21. The molecule has 0 bridgehead atoms. The molecule has 0 saturated carbocycles. The first-order valence-electron chi connectivity index (χ1n) is 10.2. The van der Waals surface area contributed by atoms with E-state index in [1.807, 2.05) is 6.07 Å². The largest absolute Gasteiger partial charge is 0.493 e. The molecular weight excluding hydrogens is 436 g/mol. The Morgan fingerprint density at radius 2 is 1.77 bits per heavy atom. The highest BCUT2D eigenvalue weighted by Crippen LogP contribution is 2.41. The minimum atomic E-state index is -3.81.